The molecule has 0 atom stereocenters. The van der Waals surface area contributed by atoms with Crippen LogP contribution < -0.4 is 10.5 Å². The Morgan fingerprint density at radius 3 is 2.62 bits per heavy atom. The maximum atomic E-state index is 5.70. The number of methoxy groups -OCH3 is 1. The number of nitrogens with zero attached hydrogens (tertiary/aromatic N) is 3. The van der Waals surface area contributed by atoms with Gasteiger partial charge in [-0.05, 0) is 30.5 Å². The predicted octanol–water partition coefficient (Wildman–Crippen LogP) is 2.49. The fraction of sp³-hybridized carbons (Fsp3) is 0.467. The highest BCUT2D eigenvalue weighted by Gasteiger charge is 2.10. The van der Waals surface area contributed by atoms with E-state index in [-0.39, 0.29) is 0 Å². The van der Waals surface area contributed by atoms with Crippen LogP contribution in [0.2, 0.25) is 0 Å². The van der Waals surface area contributed by atoms with Crippen LogP contribution in [0.3, 0.4) is 0 Å². The lowest BCUT2D eigenvalue weighted by Crippen LogP contribution is -2.09. The molecule has 1 aromatic heterocycles. The zero-order chi connectivity index (χ0) is 15.1. The van der Waals surface area contributed by atoms with Gasteiger partial charge in [-0.25, -0.2) is 0 Å². The van der Waals surface area contributed by atoms with E-state index >= 15 is 0 Å². The van der Waals surface area contributed by atoms with Crippen molar-refractivity contribution >= 4 is 11.8 Å². The molecule has 2 N–H and O–H groups in total. The SMILES string of the molecule is CCCn1c(CN)nnc1SCCc1ccc(OC)cc1. The van der Waals surface area contributed by atoms with Crippen molar-refractivity contribution < 1.29 is 4.74 Å². The van der Waals surface area contributed by atoms with E-state index in [0.717, 1.165) is 41.9 Å². The predicted molar refractivity (Wildman–Crippen MR) is 85.6 cm³/mol. The Bertz CT molecular complexity index is 553. The first kappa shape index (κ1) is 15.9. The fourth-order valence-electron chi connectivity index (χ4n) is 2.08. The van der Waals surface area contributed by atoms with Gasteiger partial charge in [0.2, 0.25) is 0 Å². The van der Waals surface area contributed by atoms with Crippen LogP contribution >= 0.6 is 11.8 Å². The molecular formula is C15H22N4OS. The van der Waals surface area contributed by atoms with Crippen molar-refractivity contribution in [3.63, 3.8) is 0 Å². The highest BCUT2D eigenvalue weighted by atomic mass is 32.2. The van der Waals surface area contributed by atoms with Crippen LogP contribution in [-0.2, 0) is 19.5 Å². The summed E-state index contributed by atoms with van der Waals surface area (Å²) >= 11 is 1.73. The molecule has 2 rings (SSSR count). The summed E-state index contributed by atoms with van der Waals surface area (Å²) in [6, 6.07) is 8.18. The van der Waals surface area contributed by atoms with Gasteiger partial charge < -0.3 is 15.0 Å². The van der Waals surface area contributed by atoms with Crippen molar-refractivity contribution in [3.8, 4) is 5.75 Å². The average molecular weight is 306 g/mol. The summed E-state index contributed by atoms with van der Waals surface area (Å²) in [6.07, 6.45) is 2.04. The lowest BCUT2D eigenvalue weighted by molar-refractivity contribution is 0.414. The number of rotatable bonds is 8. The Balaban J connectivity index is 1.91. The van der Waals surface area contributed by atoms with Crippen molar-refractivity contribution in [3.05, 3.63) is 35.7 Å². The van der Waals surface area contributed by atoms with Gasteiger partial charge in [-0.15, -0.1) is 10.2 Å². The van der Waals surface area contributed by atoms with Gasteiger partial charge >= 0.3 is 0 Å². The number of aryl methyl sites for hydroxylation is 1. The standard InChI is InChI=1S/C15H22N4OS/c1-3-9-19-14(11-16)17-18-15(19)21-10-8-12-4-6-13(20-2)7-5-12/h4-7H,3,8-11,16H2,1-2H3. The van der Waals surface area contributed by atoms with Crippen molar-refractivity contribution in [2.24, 2.45) is 5.73 Å². The molecule has 0 saturated heterocycles. The molecule has 21 heavy (non-hydrogen) atoms. The highest BCUT2D eigenvalue weighted by molar-refractivity contribution is 7.99. The lowest BCUT2D eigenvalue weighted by atomic mass is 10.2. The summed E-state index contributed by atoms with van der Waals surface area (Å²) in [5.41, 5.74) is 6.99. The van der Waals surface area contributed by atoms with E-state index in [9.17, 15) is 0 Å². The quantitative estimate of drug-likeness (QED) is 0.759. The summed E-state index contributed by atoms with van der Waals surface area (Å²) < 4.78 is 7.29. The normalized spacial score (nSPS) is 10.8. The molecule has 114 valence electrons. The molecule has 0 aliphatic heterocycles. The molecule has 0 fully saturated rings. The number of thioether (sulfide) groups is 1. The van der Waals surface area contributed by atoms with Crippen molar-refractivity contribution in [1.82, 2.24) is 14.8 Å². The molecule has 0 saturated carbocycles. The van der Waals surface area contributed by atoms with E-state index in [1.54, 1.807) is 18.9 Å². The first-order chi connectivity index (χ1) is 10.3. The molecule has 0 unspecified atom stereocenters. The zero-order valence-corrected chi connectivity index (χ0v) is 13.4. The largest absolute Gasteiger partial charge is 0.497 e. The van der Waals surface area contributed by atoms with E-state index in [2.05, 4.69) is 33.8 Å². The second-order valence-electron chi connectivity index (χ2n) is 4.70. The van der Waals surface area contributed by atoms with Crippen LogP contribution in [0.25, 0.3) is 0 Å². The van der Waals surface area contributed by atoms with Crippen molar-refractivity contribution in [2.45, 2.75) is 38.0 Å². The van der Waals surface area contributed by atoms with E-state index in [1.165, 1.54) is 5.56 Å². The second kappa shape index (κ2) is 8.05. The van der Waals surface area contributed by atoms with Crippen LogP contribution in [0.5, 0.6) is 5.75 Å². The maximum absolute atomic E-state index is 5.70. The van der Waals surface area contributed by atoms with Crippen molar-refractivity contribution in [2.75, 3.05) is 12.9 Å². The van der Waals surface area contributed by atoms with Crippen LogP contribution in [-0.4, -0.2) is 27.6 Å². The minimum atomic E-state index is 0.437. The Hall–Kier alpha value is -1.53. The molecule has 6 heteroatoms. The summed E-state index contributed by atoms with van der Waals surface area (Å²) in [5.74, 6) is 2.73. The van der Waals surface area contributed by atoms with Gasteiger partial charge in [0.05, 0.1) is 13.7 Å². The monoisotopic (exact) mass is 306 g/mol. The third kappa shape index (κ3) is 4.22. The topological polar surface area (TPSA) is 66.0 Å². The molecule has 0 bridgehead atoms. The minimum absolute atomic E-state index is 0.437. The van der Waals surface area contributed by atoms with E-state index < -0.39 is 0 Å². The van der Waals surface area contributed by atoms with Crippen LogP contribution in [0, 0.1) is 0 Å². The Morgan fingerprint density at radius 1 is 1.24 bits per heavy atom. The molecule has 0 amide bonds. The third-order valence-corrected chi connectivity index (χ3v) is 4.17. The van der Waals surface area contributed by atoms with Gasteiger partial charge in [-0.3, -0.25) is 0 Å². The summed E-state index contributed by atoms with van der Waals surface area (Å²) in [7, 11) is 1.68. The highest BCUT2D eigenvalue weighted by Crippen LogP contribution is 2.20. The molecule has 1 aromatic carbocycles. The Labute approximate surface area is 129 Å². The van der Waals surface area contributed by atoms with Gasteiger partial charge in [0.25, 0.3) is 0 Å². The van der Waals surface area contributed by atoms with Gasteiger partial charge in [-0.1, -0.05) is 30.8 Å². The van der Waals surface area contributed by atoms with E-state index in [4.69, 9.17) is 10.5 Å². The van der Waals surface area contributed by atoms with Gasteiger partial charge in [-0.2, -0.15) is 0 Å². The van der Waals surface area contributed by atoms with Gasteiger partial charge in [0, 0.05) is 12.3 Å². The summed E-state index contributed by atoms with van der Waals surface area (Å²) in [5, 5.41) is 9.36. The molecule has 1 heterocycles. The number of aromatic nitrogens is 3. The fourth-order valence-corrected chi connectivity index (χ4v) is 3.05. The number of hydrogen-bond donors (Lipinski definition) is 1. The van der Waals surface area contributed by atoms with Crippen molar-refractivity contribution in [1.29, 1.82) is 0 Å². The van der Waals surface area contributed by atoms with Gasteiger partial charge in [0.1, 0.15) is 11.6 Å². The first-order valence-electron chi connectivity index (χ1n) is 7.16. The van der Waals surface area contributed by atoms with Crippen LogP contribution in [0.1, 0.15) is 24.7 Å². The first-order valence-corrected chi connectivity index (χ1v) is 8.15. The molecule has 0 radical (unpaired) electrons. The van der Waals surface area contributed by atoms with Crippen LogP contribution in [0.4, 0.5) is 0 Å². The summed E-state index contributed by atoms with van der Waals surface area (Å²) in [4.78, 5) is 0. The number of ether oxygens (including phenoxy) is 1. The lowest BCUT2D eigenvalue weighted by Gasteiger charge is -2.07. The summed E-state index contributed by atoms with van der Waals surface area (Å²) in [6.45, 7) is 3.50. The second-order valence-corrected chi connectivity index (χ2v) is 5.76. The third-order valence-electron chi connectivity index (χ3n) is 3.20. The van der Waals surface area contributed by atoms with Gasteiger partial charge in [0.15, 0.2) is 5.16 Å². The minimum Gasteiger partial charge on any atom is -0.497 e. The molecule has 0 aliphatic rings. The molecular weight excluding hydrogens is 284 g/mol. The smallest absolute Gasteiger partial charge is 0.191 e. The van der Waals surface area contributed by atoms with E-state index in [1.807, 2.05) is 12.1 Å². The van der Waals surface area contributed by atoms with Crippen LogP contribution in [0.15, 0.2) is 29.4 Å². The number of nitrogens with two attached hydrogens (primary N) is 1. The molecule has 2 aromatic rings. The molecule has 0 aliphatic carbocycles. The maximum Gasteiger partial charge on any atom is 0.191 e. The number of hydrogen-bond acceptors (Lipinski definition) is 5. The molecule has 5 nitrogen and oxygen atoms in total. The van der Waals surface area contributed by atoms with E-state index in [0.29, 0.717) is 6.54 Å². The Kier molecular flexibility index (Phi) is 6.07. The molecule has 0 spiro atoms. The number of benzene rings is 1. The Morgan fingerprint density at radius 2 is 2.00 bits per heavy atom. The average Bonchev–Trinajstić information content (AvgIpc) is 2.91. The zero-order valence-electron chi connectivity index (χ0n) is 12.6.